The molecule has 0 spiro atoms. The molecule has 0 aromatic carbocycles. The van der Waals surface area contributed by atoms with Crippen molar-refractivity contribution >= 4 is 22.0 Å². The van der Waals surface area contributed by atoms with Crippen LogP contribution in [0.1, 0.15) is 40.5 Å². The largest absolute Gasteiger partial charge is 0.434 e. The molecule has 0 saturated carbocycles. The molecule has 0 aromatic heterocycles. The van der Waals surface area contributed by atoms with Crippen molar-refractivity contribution in [3.05, 3.63) is 0 Å². The Morgan fingerprint density at radius 3 is 2.57 bits per heavy atom. The first-order chi connectivity index (χ1) is 10.6. The summed E-state index contributed by atoms with van der Waals surface area (Å²) in [7, 11) is -3.74. The van der Waals surface area contributed by atoms with E-state index in [1.165, 1.54) is 6.92 Å². The van der Waals surface area contributed by atoms with Gasteiger partial charge in [0.25, 0.3) is 10.1 Å². The maximum absolute atomic E-state index is 11.8. The van der Waals surface area contributed by atoms with Gasteiger partial charge in [-0.25, -0.2) is 4.79 Å². The fourth-order valence-electron chi connectivity index (χ4n) is 2.00. The zero-order valence-corrected chi connectivity index (χ0v) is 14.8. The maximum atomic E-state index is 11.8. The van der Waals surface area contributed by atoms with Gasteiger partial charge in [0.05, 0.1) is 12.4 Å². The highest BCUT2D eigenvalue weighted by atomic mass is 32.2. The number of hydrogen-bond donors (Lipinski definition) is 1. The van der Waals surface area contributed by atoms with Crippen LogP contribution in [0.15, 0.2) is 0 Å². The molecule has 1 amide bonds. The lowest BCUT2D eigenvalue weighted by atomic mass is 9.88. The Hall–Kier alpha value is -1.19. The number of amides is 1. The smallest absolute Gasteiger partial charge is 0.338 e. The number of carbonyl (C=O) groups excluding carboxylic acids is 2. The molecule has 1 fully saturated rings. The number of esters is 1. The maximum Gasteiger partial charge on any atom is 0.338 e. The van der Waals surface area contributed by atoms with Gasteiger partial charge >= 0.3 is 5.97 Å². The van der Waals surface area contributed by atoms with Crippen LogP contribution in [0.5, 0.6) is 0 Å². The Bertz CT molecular complexity index is 529. The first kappa shape index (κ1) is 19.9. The Kier molecular flexibility index (Phi) is 6.97. The molecule has 1 rings (SSSR count). The summed E-state index contributed by atoms with van der Waals surface area (Å²) in [5.74, 6) is -0.933. The zero-order chi connectivity index (χ0) is 17.7. The van der Waals surface area contributed by atoms with E-state index in [4.69, 9.17) is 13.7 Å². The van der Waals surface area contributed by atoms with Crippen LogP contribution < -0.4 is 5.32 Å². The number of carbonyl (C=O) groups is 2. The molecular formula is C14H25NO7S. The molecule has 1 aliphatic rings. The van der Waals surface area contributed by atoms with E-state index >= 15 is 0 Å². The van der Waals surface area contributed by atoms with E-state index in [9.17, 15) is 18.0 Å². The van der Waals surface area contributed by atoms with E-state index in [0.29, 0.717) is 6.42 Å². The van der Waals surface area contributed by atoms with E-state index in [1.807, 2.05) is 6.92 Å². The van der Waals surface area contributed by atoms with Crippen molar-refractivity contribution in [2.24, 2.45) is 5.41 Å². The zero-order valence-electron chi connectivity index (χ0n) is 14.0. The number of cyclic esters (lactones) is 1. The third-order valence-corrected chi connectivity index (χ3v) is 4.61. The Balaban J connectivity index is 2.48. The SMILES string of the molecule is CCC1OC(=O)[C@@H](C(C)(C)COS(=O)(=O)CCCNC(C)=O)O1. The Labute approximate surface area is 137 Å². The quantitative estimate of drug-likeness (QED) is 0.367. The lowest BCUT2D eigenvalue weighted by Gasteiger charge is -2.27. The van der Waals surface area contributed by atoms with Crippen molar-refractivity contribution in [2.45, 2.75) is 52.9 Å². The van der Waals surface area contributed by atoms with Crippen molar-refractivity contribution in [3.63, 3.8) is 0 Å². The van der Waals surface area contributed by atoms with Crippen LogP contribution in [0, 0.1) is 5.41 Å². The fraction of sp³-hybridized carbons (Fsp3) is 0.857. The molecule has 0 bridgehead atoms. The molecule has 1 N–H and O–H groups in total. The van der Waals surface area contributed by atoms with Crippen LogP contribution in [0.2, 0.25) is 0 Å². The highest BCUT2D eigenvalue weighted by Crippen LogP contribution is 2.31. The van der Waals surface area contributed by atoms with Gasteiger partial charge in [0.1, 0.15) is 0 Å². The molecule has 0 aliphatic carbocycles. The Morgan fingerprint density at radius 2 is 2.04 bits per heavy atom. The van der Waals surface area contributed by atoms with Gasteiger partial charge in [-0.2, -0.15) is 8.42 Å². The van der Waals surface area contributed by atoms with Crippen LogP contribution in [0.25, 0.3) is 0 Å². The summed E-state index contributed by atoms with van der Waals surface area (Å²) in [5, 5.41) is 2.51. The first-order valence-electron chi connectivity index (χ1n) is 7.55. The summed E-state index contributed by atoms with van der Waals surface area (Å²) in [4.78, 5) is 22.5. The van der Waals surface area contributed by atoms with E-state index in [0.717, 1.165) is 0 Å². The molecule has 1 heterocycles. The number of nitrogens with one attached hydrogen (secondary N) is 1. The summed E-state index contributed by atoms with van der Waals surface area (Å²) in [5.41, 5.74) is -0.842. The molecule has 8 nitrogen and oxygen atoms in total. The summed E-state index contributed by atoms with van der Waals surface area (Å²) in [6, 6.07) is 0. The third-order valence-electron chi connectivity index (χ3n) is 3.35. The van der Waals surface area contributed by atoms with Crippen LogP contribution in [-0.4, -0.2) is 51.6 Å². The summed E-state index contributed by atoms with van der Waals surface area (Å²) in [6.07, 6.45) is -0.675. The second-order valence-electron chi connectivity index (χ2n) is 6.14. The van der Waals surface area contributed by atoms with Gasteiger partial charge in [-0.15, -0.1) is 0 Å². The predicted molar refractivity (Wildman–Crippen MR) is 81.9 cm³/mol. The van der Waals surface area contributed by atoms with Gasteiger partial charge in [0.15, 0.2) is 6.10 Å². The van der Waals surface area contributed by atoms with Crippen LogP contribution in [0.3, 0.4) is 0 Å². The molecule has 2 atom stereocenters. The van der Waals surface area contributed by atoms with Crippen molar-refractivity contribution in [2.75, 3.05) is 18.9 Å². The van der Waals surface area contributed by atoms with Crippen molar-refractivity contribution in [1.82, 2.24) is 5.32 Å². The number of hydrogen-bond acceptors (Lipinski definition) is 7. The lowest BCUT2D eigenvalue weighted by Crippen LogP contribution is -2.39. The van der Waals surface area contributed by atoms with Crippen LogP contribution in [0.4, 0.5) is 0 Å². The number of ether oxygens (including phenoxy) is 2. The normalized spacial score (nSPS) is 22.0. The second kappa shape index (κ2) is 8.07. The minimum absolute atomic E-state index is 0.189. The van der Waals surface area contributed by atoms with E-state index in [-0.39, 0.29) is 31.2 Å². The van der Waals surface area contributed by atoms with Crippen LogP contribution in [-0.2, 0) is 33.4 Å². The van der Waals surface area contributed by atoms with Gasteiger partial charge < -0.3 is 14.8 Å². The number of rotatable bonds is 9. The van der Waals surface area contributed by atoms with Gasteiger partial charge in [0, 0.05) is 25.3 Å². The molecule has 9 heteroatoms. The summed E-state index contributed by atoms with van der Waals surface area (Å²) in [6.45, 7) is 6.62. The van der Waals surface area contributed by atoms with Crippen LogP contribution >= 0.6 is 0 Å². The average Bonchev–Trinajstić information content (AvgIpc) is 2.84. The third kappa shape index (κ3) is 6.44. The fourth-order valence-corrected chi connectivity index (χ4v) is 3.10. The van der Waals surface area contributed by atoms with Crippen molar-refractivity contribution < 1.29 is 31.7 Å². The molecule has 1 aliphatic heterocycles. The molecular weight excluding hydrogens is 326 g/mol. The molecule has 23 heavy (non-hydrogen) atoms. The predicted octanol–water partition coefficient (Wildman–Crippen LogP) is 0.563. The lowest BCUT2D eigenvalue weighted by molar-refractivity contribution is -0.144. The average molecular weight is 351 g/mol. The molecule has 134 valence electrons. The molecule has 1 saturated heterocycles. The van der Waals surface area contributed by atoms with E-state index in [1.54, 1.807) is 13.8 Å². The van der Waals surface area contributed by atoms with Gasteiger partial charge in [-0.3, -0.25) is 8.98 Å². The topological polar surface area (TPSA) is 108 Å². The van der Waals surface area contributed by atoms with E-state index in [2.05, 4.69) is 5.32 Å². The minimum Gasteiger partial charge on any atom is -0.434 e. The summed E-state index contributed by atoms with van der Waals surface area (Å²) < 4.78 is 39.2. The molecule has 0 radical (unpaired) electrons. The van der Waals surface area contributed by atoms with Crippen molar-refractivity contribution in [1.29, 1.82) is 0 Å². The standard InChI is InChI=1S/C14H25NO7S/c1-5-11-21-12(13(17)22-11)14(3,4)9-20-23(18,19)8-6-7-15-10(2)16/h11-12H,5-9H2,1-4H3,(H,15,16)/t11?,12-/m0/s1. The second-order valence-corrected chi connectivity index (χ2v) is 7.90. The van der Waals surface area contributed by atoms with Gasteiger partial charge in [-0.1, -0.05) is 20.8 Å². The monoisotopic (exact) mass is 351 g/mol. The van der Waals surface area contributed by atoms with Crippen molar-refractivity contribution in [3.8, 4) is 0 Å². The van der Waals surface area contributed by atoms with Gasteiger partial charge in [-0.05, 0) is 6.42 Å². The highest BCUT2D eigenvalue weighted by molar-refractivity contribution is 7.86. The summed E-state index contributed by atoms with van der Waals surface area (Å²) >= 11 is 0. The first-order valence-corrected chi connectivity index (χ1v) is 9.12. The highest BCUT2D eigenvalue weighted by Gasteiger charge is 2.45. The van der Waals surface area contributed by atoms with Gasteiger partial charge in [0.2, 0.25) is 12.2 Å². The molecule has 1 unspecified atom stereocenters. The van der Waals surface area contributed by atoms with E-state index < -0.39 is 33.9 Å². The molecule has 0 aromatic rings. The minimum atomic E-state index is -3.74. The Morgan fingerprint density at radius 1 is 1.39 bits per heavy atom.